The van der Waals surface area contributed by atoms with Crippen LogP contribution in [0, 0.1) is 175 Å². The van der Waals surface area contributed by atoms with Crippen molar-refractivity contribution < 1.29 is 52.4 Å². The zero-order valence-corrected chi connectivity index (χ0v) is 69.5. The molecule has 21 aliphatic rings. The van der Waals surface area contributed by atoms with Crippen molar-refractivity contribution in [2.45, 2.75) is 448 Å². The summed E-state index contributed by atoms with van der Waals surface area (Å²) in [5, 5.41) is 0. The Morgan fingerprint density at radius 3 is 1.27 bits per heavy atom. The average molecular weight is 1590 g/mol. The van der Waals surface area contributed by atoms with Crippen LogP contribution in [0.4, 0.5) is 0 Å². The minimum absolute atomic E-state index is 0. The Morgan fingerprint density at radius 2 is 0.796 bits per heavy atom. The highest BCUT2D eigenvalue weighted by Crippen LogP contribution is 2.79. The molecule has 20 atom stereocenters. The summed E-state index contributed by atoms with van der Waals surface area (Å²) in [5.74, 6) is 21.2. The number of hydrogen-bond donors (Lipinski definition) is 0. The normalized spacial score (nSPS) is 39.2. The van der Waals surface area contributed by atoms with Gasteiger partial charge in [-0.05, 0) is 428 Å². The van der Waals surface area contributed by atoms with E-state index in [0.29, 0.717) is 23.9 Å². The fourth-order valence-electron chi connectivity index (χ4n) is 28.4. The van der Waals surface area contributed by atoms with Gasteiger partial charge < -0.3 is 28.4 Å². The third-order valence-electron chi connectivity index (χ3n) is 35.9. The number of esters is 5. The van der Waals surface area contributed by atoms with Crippen molar-refractivity contribution in [2.75, 3.05) is 0 Å². The molecule has 0 aromatic heterocycles. The van der Waals surface area contributed by atoms with E-state index in [1.807, 2.05) is 96.9 Å². The van der Waals surface area contributed by atoms with Crippen LogP contribution in [-0.2, 0) is 52.4 Å². The number of hydrogen-bond acceptors (Lipinski definition) is 11. The van der Waals surface area contributed by atoms with E-state index in [0.717, 1.165) is 169 Å². The van der Waals surface area contributed by atoms with Crippen molar-refractivity contribution in [1.82, 2.24) is 0 Å². The molecule has 0 N–H and O–H groups in total. The SMILES string of the molecule is C.C.C.C.C.C.C.C.C.C.CCC(C)(C)C(=O)OC(C)(C)C12CC3CC4C5CC(CC41)CC2C5C3.CCC(C)(C)C(=O)OC(C)(C)C1CC2CCC1C2.CCC(C)(C)C(=O)OC(C)OC1CC2CC1C1C3CCC(C3)C21.CCC(C)(C)C(=O)OC1(C)C2CC3C4CC5CC3C1C(C5)C4C2.CCC(C)(C)C(=O)OC1(C)CCCC1. The van der Waals surface area contributed by atoms with Gasteiger partial charge in [0.1, 0.15) is 22.4 Å². The summed E-state index contributed by atoms with van der Waals surface area (Å²) >= 11 is 0. The largest absolute Gasteiger partial charge is 0.459 e. The fraction of sp³-hybridized carbons (Fsp3) is 0.951. The summed E-state index contributed by atoms with van der Waals surface area (Å²) in [5.41, 5.74) is -2.47. The minimum atomic E-state index is -0.415. The summed E-state index contributed by atoms with van der Waals surface area (Å²) in [6.07, 6.45) is 36.7. The predicted octanol–water partition coefficient (Wildman–Crippen LogP) is 28.4. The van der Waals surface area contributed by atoms with Gasteiger partial charge in [-0.2, -0.15) is 0 Å². The zero-order chi connectivity index (χ0) is 74.6. The molecule has 22 bridgehead atoms. The molecule has 20 unspecified atom stereocenters. The molecule has 21 fully saturated rings. The summed E-state index contributed by atoms with van der Waals surface area (Å²) in [4.78, 5) is 62.2. The van der Waals surface area contributed by atoms with Crippen molar-refractivity contribution in [2.24, 2.45) is 175 Å². The highest BCUT2D eigenvalue weighted by molar-refractivity contribution is 5.78. The Bertz CT molecular complexity index is 3060. The Kier molecular flexibility index (Phi) is 34.5. The van der Waals surface area contributed by atoms with Gasteiger partial charge in [0.25, 0.3) is 0 Å². The van der Waals surface area contributed by atoms with Gasteiger partial charge in [0, 0.05) is 17.3 Å². The molecule has 664 valence electrons. The molecule has 0 radical (unpaired) electrons. The van der Waals surface area contributed by atoms with Crippen molar-refractivity contribution in [1.29, 1.82) is 0 Å². The smallest absolute Gasteiger partial charge is 0.313 e. The van der Waals surface area contributed by atoms with Crippen LogP contribution in [0.5, 0.6) is 0 Å². The third kappa shape index (κ3) is 18.4. The molecule has 0 aromatic rings. The number of fused-ring (bicyclic) bond motifs is 11. The van der Waals surface area contributed by atoms with E-state index in [1.54, 1.807) is 0 Å². The highest BCUT2D eigenvalue weighted by Gasteiger charge is 2.75. The number of carbonyl (C=O) groups excluding carboxylic acids is 5. The van der Waals surface area contributed by atoms with Crippen molar-refractivity contribution in [3.05, 3.63) is 0 Å². The quantitative estimate of drug-likeness (QED) is 0.0528. The second-order valence-electron chi connectivity index (χ2n) is 44.0. The van der Waals surface area contributed by atoms with Gasteiger partial charge in [-0.3, -0.25) is 24.0 Å². The lowest BCUT2D eigenvalue weighted by atomic mass is 9.28. The van der Waals surface area contributed by atoms with E-state index in [9.17, 15) is 24.0 Å². The average Bonchev–Trinajstić information content (AvgIpc) is 1.61. The van der Waals surface area contributed by atoms with Crippen molar-refractivity contribution in [3.63, 3.8) is 0 Å². The summed E-state index contributed by atoms with van der Waals surface area (Å²) < 4.78 is 36.2. The fourth-order valence-corrected chi connectivity index (χ4v) is 28.4. The second-order valence-corrected chi connectivity index (χ2v) is 44.0. The van der Waals surface area contributed by atoms with E-state index in [4.69, 9.17) is 28.4 Å². The van der Waals surface area contributed by atoms with Crippen LogP contribution in [0.15, 0.2) is 0 Å². The molecule has 0 heterocycles. The monoisotopic (exact) mass is 1590 g/mol. The zero-order valence-electron chi connectivity index (χ0n) is 69.5. The van der Waals surface area contributed by atoms with E-state index < -0.39 is 11.7 Å². The molecule has 11 nitrogen and oxygen atoms in total. The molecule has 0 aromatic carbocycles. The van der Waals surface area contributed by atoms with Crippen LogP contribution >= 0.6 is 0 Å². The predicted molar refractivity (Wildman–Crippen MR) is 474 cm³/mol. The molecular weight excluding hydrogens is 1400 g/mol. The van der Waals surface area contributed by atoms with Crippen LogP contribution in [0.2, 0.25) is 0 Å². The van der Waals surface area contributed by atoms with Gasteiger partial charge in [-0.1, -0.05) is 115 Å². The van der Waals surface area contributed by atoms with Crippen LogP contribution in [-0.4, -0.2) is 64.6 Å². The lowest BCUT2D eigenvalue weighted by Crippen LogP contribution is -2.73. The first-order valence-electron chi connectivity index (χ1n) is 43.9. The molecule has 0 amide bonds. The lowest BCUT2D eigenvalue weighted by Gasteiger charge is -2.77. The molecule has 21 saturated carbocycles. The second kappa shape index (κ2) is 37.3. The Labute approximate surface area is 700 Å². The maximum Gasteiger partial charge on any atom is 0.313 e. The number of carbonyl (C=O) groups is 5. The highest BCUT2D eigenvalue weighted by atomic mass is 16.7. The Balaban J connectivity index is 0.000000362. The third-order valence-corrected chi connectivity index (χ3v) is 35.9. The number of rotatable bonds is 19. The maximum absolute atomic E-state index is 13.0. The van der Waals surface area contributed by atoms with E-state index in [1.165, 1.54) is 141 Å². The summed E-state index contributed by atoms with van der Waals surface area (Å²) in [6.45, 7) is 45.3. The first-order valence-corrected chi connectivity index (χ1v) is 43.9. The van der Waals surface area contributed by atoms with Gasteiger partial charge in [0.05, 0.1) is 33.2 Å². The van der Waals surface area contributed by atoms with E-state index in [-0.39, 0.29) is 154 Å². The topological polar surface area (TPSA) is 141 Å². The molecule has 0 aliphatic heterocycles. The van der Waals surface area contributed by atoms with E-state index in [2.05, 4.69) is 55.4 Å². The first kappa shape index (κ1) is 104. The van der Waals surface area contributed by atoms with Gasteiger partial charge in [0.2, 0.25) is 0 Å². The molecule has 0 saturated heterocycles. The molecule has 11 heteroatoms. The summed E-state index contributed by atoms with van der Waals surface area (Å²) in [7, 11) is 0. The maximum atomic E-state index is 13.0. The van der Waals surface area contributed by atoms with E-state index >= 15 is 0 Å². The van der Waals surface area contributed by atoms with Gasteiger partial charge in [0.15, 0.2) is 6.29 Å². The van der Waals surface area contributed by atoms with Crippen molar-refractivity contribution in [3.8, 4) is 0 Å². The van der Waals surface area contributed by atoms with Crippen LogP contribution in [0.25, 0.3) is 0 Å². The standard InChI is InChI=1S/C23H36O2.C21H32O2.C20H32O3.C16H28O2.C12H22O2.10CH4/c1-6-21(2,3)20(24)25-22(4,5)23-12-14-8-16-15-7-13(10-18(16)23)11-19(23)17(15)9-14;1-5-20(2,3)19(22)23-21(4)12-9-14-13-6-11-7-16(14)18(21)17(8-11)15(13)10-12;1-5-20(3,4)19(21)23-11(2)22-16-10-14-9-15(16)18-13-7-6-12(8-13)17(14)18;1-6-15(2,3)14(17)18-16(4,5)13-10-11-7-8-12(13)9-11;1-5-11(2,3)10(13)14-12(4)8-6-7-9-12;;;;;;;;;;/h13-19H,6-12H2,1-5H3;2*11-18H,5-10H2,1-4H3;11-13H,6-10H2,1-5H3;5-9H2,1-4H3;10*1H4. The Hall–Kier alpha value is -2.69. The Morgan fingerprint density at radius 1 is 0.381 bits per heavy atom. The van der Waals surface area contributed by atoms with Gasteiger partial charge in [-0.15, -0.1) is 0 Å². The lowest BCUT2D eigenvalue weighted by molar-refractivity contribution is -0.309. The van der Waals surface area contributed by atoms with Gasteiger partial charge >= 0.3 is 29.8 Å². The van der Waals surface area contributed by atoms with Gasteiger partial charge in [-0.25, -0.2) is 0 Å². The number of ether oxygens (including phenoxy) is 6. The van der Waals surface area contributed by atoms with Crippen LogP contribution < -0.4 is 0 Å². The molecule has 21 aliphatic carbocycles. The molecule has 21 rings (SSSR count). The first-order chi connectivity index (χ1) is 48.1. The minimum Gasteiger partial charge on any atom is -0.459 e. The van der Waals surface area contributed by atoms with Crippen LogP contribution in [0.1, 0.15) is 413 Å². The molecule has 113 heavy (non-hydrogen) atoms. The summed E-state index contributed by atoms with van der Waals surface area (Å²) in [6, 6.07) is 0. The van der Waals surface area contributed by atoms with Crippen molar-refractivity contribution >= 4 is 29.8 Å². The van der Waals surface area contributed by atoms with Crippen LogP contribution in [0.3, 0.4) is 0 Å². The molecular formula is C102H190O11. The molecule has 0 spiro atoms.